The largest absolute Gasteiger partial charge is 0.468 e. The van der Waals surface area contributed by atoms with Crippen molar-refractivity contribution < 1.29 is 9.53 Å². The number of rotatable bonds is 4. The Morgan fingerprint density at radius 3 is 2.81 bits per heavy atom. The van der Waals surface area contributed by atoms with Gasteiger partial charge in [-0.05, 0) is 30.9 Å². The molecule has 0 radical (unpaired) electrons. The number of aromatic amines is 1. The monoisotopic (exact) mass is 288 g/mol. The Hall–Kier alpha value is -2.11. The molecule has 2 N–H and O–H groups in total. The van der Waals surface area contributed by atoms with Crippen molar-refractivity contribution in [1.82, 2.24) is 15.0 Å². The predicted octanol–water partition coefficient (Wildman–Crippen LogP) is 2.45. The molecule has 0 bridgehead atoms. The molecule has 1 fully saturated rings. The molecule has 0 aromatic carbocycles. The minimum absolute atomic E-state index is 0.213. The molecule has 0 saturated heterocycles. The molecule has 2 heterocycles. The molecule has 1 atom stereocenters. The molecule has 6 heteroatoms. The number of anilines is 1. The van der Waals surface area contributed by atoms with Crippen LogP contribution in [-0.2, 0) is 9.53 Å². The topological polar surface area (TPSA) is 79.9 Å². The Kier molecular flexibility index (Phi) is 3.77. The highest BCUT2D eigenvalue weighted by Gasteiger charge is 2.35. The summed E-state index contributed by atoms with van der Waals surface area (Å²) in [7, 11) is 3.25. The summed E-state index contributed by atoms with van der Waals surface area (Å²) < 4.78 is 4.99. The average Bonchev–Trinajstić information content (AvgIpc) is 3.15. The van der Waals surface area contributed by atoms with E-state index in [0.717, 1.165) is 24.2 Å². The maximum atomic E-state index is 12.2. The Labute approximate surface area is 123 Å². The number of carbonyl (C=O) groups excluding carboxylic acids is 1. The van der Waals surface area contributed by atoms with Crippen molar-refractivity contribution in [2.24, 2.45) is 5.92 Å². The van der Waals surface area contributed by atoms with E-state index < -0.39 is 0 Å². The highest BCUT2D eigenvalue weighted by atomic mass is 16.5. The van der Waals surface area contributed by atoms with Crippen LogP contribution in [0.15, 0.2) is 12.1 Å². The van der Waals surface area contributed by atoms with E-state index in [-0.39, 0.29) is 11.9 Å². The van der Waals surface area contributed by atoms with E-state index in [1.807, 2.05) is 19.2 Å². The van der Waals surface area contributed by atoms with E-state index in [1.54, 1.807) is 0 Å². The van der Waals surface area contributed by atoms with Gasteiger partial charge in [-0.1, -0.05) is 12.8 Å². The number of ether oxygens (including phenoxy) is 1. The third-order valence-electron chi connectivity index (χ3n) is 4.24. The number of esters is 1. The number of carbonyl (C=O) groups is 1. The number of hydrogen-bond acceptors (Lipinski definition) is 5. The minimum Gasteiger partial charge on any atom is -0.468 e. The van der Waals surface area contributed by atoms with Gasteiger partial charge in [-0.2, -0.15) is 0 Å². The Morgan fingerprint density at radius 1 is 1.38 bits per heavy atom. The predicted molar refractivity (Wildman–Crippen MR) is 80.2 cm³/mol. The summed E-state index contributed by atoms with van der Waals surface area (Å²) in [4.78, 5) is 24.4. The van der Waals surface area contributed by atoms with Gasteiger partial charge < -0.3 is 15.0 Å². The van der Waals surface area contributed by atoms with E-state index >= 15 is 0 Å². The SMILES string of the molecule is CNc1ccc2[nH]c(C(C(=O)OC)C3CCCC3)nc2n1. The molecule has 1 aliphatic carbocycles. The molecule has 2 aromatic heterocycles. The zero-order valence-electron chi connectivity index (χ0n) is 12.3. The maximum absolute atomic E-state index is 12.2. The van der Waals surface area contributed by atoms with Gasteiger partial charge in [0, 0.05) is 7.05 Å². The Balaban J connectivity index is 1.99. The summed E-state index contributed by atoms with van der Waals surface area (Å²) in [6.07, 6.45) is 4.43. The first-order valence-electron chi connectivity index (χ1n) is 7.35. The van der Waals surface area contributed by atoms with Crippen molar-refractivity contribution in [2.75, 3.05) is 19.5 Å². The van der Waals surface area contributed by atoms with Gasteiger partial charge in [0.05, 0.1) is 12.6 Å². The van der Waals surface area contributed by atoms with Crippen molar-refractivity contribution in [2.45, 2.75) is 31.6 Å². The molecular weight excluding hydrogens is 268 g/mol. The van der Waals surface area contributed by atoms with Gasteiger partial charge >= 0.3 is 5.97 Å². The molecule has 1 unspecified atom stereocenters. The van der Waals surface area contributed by atoms with Crippen LogP contribution in [0.25, 0.3) is 11.2 Å². The van der Waals surface area contributed by atoms with Crippen LogP contribution in [0.4, 0.5) is 5.82 Å². The lowest BCUT2D eigenvalue weighted by Crippen LogP contribution is -2.22. The Bertz CT molecular complexity index is 646. The fraction of sp³-hybridized carbons (Fsp3) is 0.533. The number of methoxy groups -OCH3 is 1. The quantitative estimate of drug-likeness (QED) is 0.845. The number of pyridine rings is 1. The van der Waals surface area contributed by atoms with E-state index in [1.165, 1.54) is 20.0 Å². The molecule has 1 aliphatic rings. The number of H-pyrrole nitrogens is 1. The summed E-state index contributed by atoms with van der Waals surface area (Å²) in [5.41, 5.74) is 1.47. The lowest BCUT2D eigenvalue weighted by atomic mass is 9.90. The van der Waals surface area contributed by atoms with Gasteiger partial charge in [0.15, 0.2) is 5.65 Å². The van der Waals surface area contributed by atoms with E-state index in [0.29, 0.717) is 17.4 Å². The summed E-state index contributed by atoms with van der Waals surface area (Å²) in [6.45, 7) is 0. The van der Waals surface area contributed by atoms with Gasteiger partial charge in [-0.25, -0.2) is 9.97 Å². The van der Waals surface area contributed by atoms with Crippen molar-refractivity contribution in [3.8, 4) is 0 Å². The van der Waals surface area contributed by atoms with Crippen LogP contribution in [-0.4, -0.2) is 35.1 Å². The molecule has 6 nitrogen and oxygen atoms in total. The molecule has 0 spiro atoms. The van der Waals surface area contributed by atoms with Gasteiger partial charge in [-0.15, -0.1) is 0 Å². The van der Waals surface area contributed by atoms with Crippen molar-refractivity contribution in [3.63, 3.8) is 0 Å². The van der Waals surface area contributed by atoms with Crippen LogP contribution in [0.3, 0.4) is 0 Å². The average molecular weight is 288 g/mol. The number of aromatic nitrogens is 3. The van der Waals surface area contributed by atoms with Crippen molar-refractivity contribution in [1.29, 1.82) is 0 Å². The van der Waals surface area contributed by atoms with Gasteiger partial charge in [0.1, 0.15) is 17.6 Å². The number of nitrogens with zero attached hydrogens (tertiary/aromatic N) is 2. The number of nitrogens with one attached hydrogen (secondary N) is 2. The molecule has 1 saturated carbocycles. The standard InChI is InChI=1S/C15H20N4O2/c1-16-11-8-7-10-13(18-11)19-14(17-10)12(15(20)21-2)9-5-3-4-6-9/h7-9,12H,3-6H2,1-2H3,(H2,16,17,18,19). The van der Waals surface area contributed by atoms with E-state index in [9.17, 15) is 4.79 Å². The first-order valence-corrected chi connectivity index (χ1v) is 7.35. The first kappa shape index (κ1) is 13.9. The van der Waals surface area contributed by atoms with Crippen LogP contribution < -0.4 is 5.32 Å². The summed E-state index contributed by atoms with van der Waals surface area (Å²) >= 11 is 0. The highest BCUT2D eigenvalue weighted by molar-refractivity contribution is 5.80. The third-order valence-corrected chi connectivity index (χ3v) is 4.24. The van der Waals surface area contributed by atoms with Crippen LogP contribution in [0.2, 0.25) is 0 Å². The lowest BCUT2D eigenvalue weighted by Gasteiger charge is -2.18. The van der Waals surface area contributed by atoms with Gasteiger partial charge in [-0.3, -0.25) is 4.79 Å². The van der Waals surface area contributed by atoms with Crippen molar-refractivity contribution >= 4 is 23.0 Å². The summed E-state index contributed by atoms with van der Waals surface area (Å²) in [6, 6.07) is 3.81. The molecule has 0 aliphatic heterocycles. The molecule has 3 rings (SSSR count). The summed E-state index contributed by atoms with van der Waals surface area (Å²) in [5, 5.41) is 2.99. The van der Waals surface area contributed by atoms with Crippen LogP contribution >= 0.6 is 0 Å². The highest BCUT2D eigenvalue weighted by Crippen LogP contribution is 2.37. The summed E-state index contributed by atoms with van der Waals surface area (Å²) in [5.74, 6) is 1.21. The van der Waals surface area contributed by atoms with E-state index in [4.69, 9.17) is 4.74 Å². The maximum Gasteiger partial charge on any atom is 0.316 e. The van der Waals surface area contributed by atoms with Crippen molar-refractivity contribution in [3.05, 3.63) is 18.0 Å². The number of imidazole rings is 1. The van der Waals surface area contributed by atoms with Crippen LogP contribution in [0.1, 0.15) is 37.4 Å². The molecule has 0 amide bonds. The number of hydrogen-bond donors (Lipinski definition) is 2. The minimum atomic E-state index is -0.315. The van der Waals surface area contributed by atoms with Gasteiger partial charge in [0.25, 0.3) is 0 Å². The van der Waals surface area contributed by atoms with E-state index in [2.05, 4.69) is 20.3 Å². The first-order chi connectivity index (χ1) is 10.2. The molecular formula is C15H20N4O2. The molecule has 112 valence electrons. The normalized spacial score (nSPS) is 17.0. The molecule has 21 heavy (non-hydrogen) atoms. The van der Waals surface area contributed by atoms with Gasteiger partial charge in [0.2, 0.25) is 0 Å². The zero-order valence-corrected chi connectivity index (χ0v) is 12.3. The second-order valence-electron chi connectivity index (χ2n) is 5.49. The third kappa shape index (κ3) is 2.57. The smallest absolute Gasteiger partial charge is 0.316 e. The number of fused-ring (bicyclic) bond motifs is 1. The molecule has 2 aromatic rings. The fourth-order valence-electron chi connectivity index (χ4n) is 3.14. The van der Waals surface area contributed by atoms with Crippen LogP contribution in [0.5, 0.6) is 0 Å². The zero-order chi connectivity index (χ0) is 14.8. The fourth-order valence-corrected chi connectivity index (χ4v) is 3.14. The lowest BCUT2D eigenvalue weighted by molar-refractivity contribution is -0.144. The van der Waals surface area contributed by atoms with Crippen LogP contribution in [0, 0.1) is 5.92 Å². The Morgan fingerprint density at radius 2 is 2.14 bits per heavy atom. The second-order valence-corrected chi connectivity index (χ2v) is 5.49. The second kappa shape index (κ2) is 5.71.